The van der Waals surface area contributed by atoms with E-state index in [1.54, 1.807) is 7.11 Å². The summed E-state index contributed by atoms with van der Waals surface area (Å²) < 4.78 is 5.27. The Morgan fingerprint density at radius 1 is 1.53 bits per heavy atom. The lowest BCUT2D eigenvalue weighted by Crippen LogP contribution is -2.42. The predicted molar refractivity (Wildman–Crippen MR) is 54.1 cm³/mol. The summed E-state index contributed by atoms with van der Waals surface area (Å²) in [4.78, 5) is 19.3. The Hall–Kier alpha value is -0.650. The van der Waals surface area contributed by atoms with Crippen molar-refractivity contribution in [2.24, 2.45) is 0 Å². The molecule has 0 aromatic rings. The number of rotatable bonds is 2. The number of hydrogen-bond donors (Lipinski definition) is 0. The van der Waals surface area contributed by atoms with Crippen LogP contribution in [-0.4, -0.2) is 61.9 Å². The number of nitrogens with zero attached hydrogens (tertiary/aromatic N) is 2. The summed E-state index contributed by atoms with van der Waals surface area (Å²) in [6, 6.07) is -0.0759. The van der Waals surface area contributed by atoms with Crippen molar-refractivity contribution in [1.29, 1.82) is 0 Å². The monoisotopic (exact) mass is 214 g/mol. The second kappa shape index (κ2) is 4.47. The molecule has 5 heteroatoms. The molecule has 2 heterocycles. The maximum Gasteiger partial charge on any atom is 0.263 e. The number of hydroxylamine groups is 2. The highest BCUT2D eigenvalue weighted by molar-refractivity contribution is 5.81. The molecule has 0 N–H and O–H groups in total. The molecule has 0 bridgehead atoms. The summed E-state index contributed by atoms with van der Waals surface area (Å²) in [5, 5.41) is 1.50. The Morgan fingerprint density at radius 2 is 2.33 bits per heavy atom. The van der Waals surface area contributed by atoms with E-state index < -0.39 is 0 Å². The lowest BCUT2D eigenvalue weighted by molar-refractivity contribution is -0.173. The van der Waals surface area contributed by atoms with Gasteiger partial charge in [-0.2, -0.15) is 0 Å². The van der Waals surface area contributed by atoms with E-state index in [9.17, 15) is 4.79 Å². The minimum Gasteiger partial charge on any atom is -0.380 e. The third-order valence-corrected chi connectivity index (χ3v) is 3.13. The molecule has 2 fully saturated rings. The Kier molecular flexibility index (Phi) is 3.23. The first kappa shape index (κ1) is 10.9. The highest BCUT2D eigenvalue weighted by Crippen LogP contribution is 2.21. The second-order valence-corrected chi connectivity index (χ2v) is 4.18. The third kappa shape index (κ3) is 2.14. The van der Waals surface area contributed by atoms with Gasteiger partial charge in [-0.3, -0.25) is 14.5 Å². The van der Waals surface area contributed by atoms with Gasteiger partial charge >= 0.3 is 0 Å². The molecule has 0 unspecified atom stereocenters. The third-order valence-electron chi connectivity index (χ3n) is 3.13. The van der Waals surface area contributed by atoms with E-state index in [1.807, 2.05) is 11.9 Å². The summed E-state index contributed by atoms with van der Waals surface area (Å²) in [5.74, 6) is 0.0783. The van der Waals surface area contributed by atoms with Gasteiger partial charge in [0.1, 0.15) is 0 Å². The SMILES string of the molecule is CO[C@H]1C[C@@H](C(=O)N2CCCO2)N(C)C1. The van der Waals surface area contributed by atoms with E-state index >= 15 is 0 Å². The largest absolute Gasteiger partial charge is 0.380 e. The number of amides is 1. The molecule has 0 aromatic heterocycles. The molecule has 86 valence electrons. The lowest BCUT2D eigenvalue weighted by Gasteiger charge is -2.22. The van der Waals surface area contributed by atoms with Gasteiger partial charge in [0.05, 0.1) is 25.3 Å². The van der Waals surface area contributed by atoms with Gasteiger partial charge in [0.15, 0.2) is 0 Å². The summed E-state index contributed by atoms with van der Waals surface area (Å²) >= 11 is 0. The number of likely N-dealkylation sites (N-methyl/N-ethyl adjacent to an activating group) is 1. The molecule has 0 saturated carbocycles. The van der Waals surface area contributed by atoms with Crippen molar-refractivity contribution < 1.29 is 14.4 Å². The average molecular weight is 214 g/mol. The standard InChI is InChI=1S/C10H18N2O3/c1-11-7-8(14-2)6-9(11)10(13)12-4-3-5-15-12/h8-9H,3-7H2,1-2H3/t8-,9-/m0/s1. The first-order valence-corrected chi connectivity index (χ1v) is 5.39. The second-order valence-electron chi connectivity index (χ2n) is 4.18. The van der Waals surface area contributed by atoms with Crippen LogP contribution in [0.3, 0.4) is 0 Å². The Balaban J connectivity index is 1.95. The number of carbonyl (C=O) groups is 1. The molecule has 0 aromatic carbocycles. The van der Waals surface area contributed by atoms with E-state index in [0.29, 0.717) is 6.61 Å². The molecule has 0 spiro atoms. The van der Waals surface area contributed by atoms with Crippen LogP contribution in [-0.2, 0) is 14.4 Å². The molecule has 0 radical (unpaired) electrons. The normalized spacial score (nSPS) is 32.5. The van der Waals surface area contributed by atoms with Crippen molar-refractivity contribution >= 4 is 5.91 Å². The summed E-state index contributed by atoms with van der Waals surface area (Å²) in [7, 11) is 3.65. The van der Waals surface area contributed by atoms with Crippen molar-refractivity contribution in [2.75, 3.05) is 33.9 Å². The zero-order valence-corrected chi connectivity index (χ0v) is 9.31. The van der Waals surface area contributed by atoms with Crippen molar-refractivity contribution in [3.05, 3.63) is 0 Å². The fourth-order valence-corrected chi connectivity index (χ4v) is 2.20. The van der Waals surface area contributed by atoms with Gasteiger partial charge in [0.25, 0.3) is 5.91 Å². The average Bonchev–Trinajstić information content (AvgIpc) is 2.85. The van der Waals surface area contributed by atoms with E-state index in [1.165, 1.54) is 5.06 Å². The molecule has 1 amide bonds. The van der Waals surface area contributed by atoms with Gasteiger partial charge < -0.3 is 4.74 Å². The fraction of sp³-hybridized carbons (Fsp3) is 0.900. The van der Waals surface area contributed by atoms with Crippen LogP contribution >= 0.6 is 0 Å². The van der Waals surface area contributed by atoms with Crippen LogP contribution in [0.15, 0.2) is 0 Å². The zero-order valence-electron chi connectivity index (χ0n) is 9.31. The van der Waals surface area contributed by atoms with Crippen LogP contribution in [0.1, 0.15) is 12.8 Å². The Bertz CT molecular complexity index is 241. The van der Waals surface area contributed by atoms with E-state index in [4.69, 9.17) is 9.57 Å². The molecule has 2 aliphatic rings. The number of carbonyl (C=O) groups excluding carboxylic acids is 1. The van der Waals surface area contributed by atoms with Gasteiger partial charge in [-0.1, -0.05) is 0 Å². The minimum atomic E-state index is -0.0759. The lowest BCUT2D eigenvalue weighted by atomic mass is 10.2. The van der Waals surface area contributed by atoms with Crippen LogP contribution in [0.4, 0.5) is 0 Å². The molecule has 0 aliphatic carbocycles. The molecule has 2 aliphatic heterocycles. The zero-order chi connectivity index (χ0) is 10.8. The summed E-state index contributed by atoms with van der Waals surface area (Å²) in [6.07, 6.45) is 1.88. The first-order chi connectivity index (χ1) is 7.22. The molecule has 2 rings (SSSR count). The quantitative estimate of drug-likeness (QED) is 0.642. The maximum atomic E-state index is 12.0. The highest BCUT2D eigenvalue weighted by atomic mass is 16.7. The molecule has 2 saturated heterocycles. The fourth-order valence-electron chi connectivity index (χ4n) is 2.20. The molecule has 2 atom stereocenters. The van der Waals surface area contributed by atoms with E-state index in [0.717, 1.165) is 25.9 Å². The minimum absolute atomic E-state index is 0.0759. The summed E-state index contributed by atoms with van der Waals surface area (Å²) in [6.45, 7) is 2.21. The van der Waals surface area contributed by atoms with Gasteiger partial charge in [0.2, 0.25) is 0 Å². The van der Waals surface area contributed by atoms with Crippen LogP contribution in [0.2, 0.25) is 0 Å². The number of hydrogen-bond acceptors (Lipinski definition) is 4. The van der Waals surface area contributed by atoms with Crippen LogP contribution < -0.4 is 0 Å². The number of likely N-dealkylation sites (tertiary alicyclic amines) is 1. The number of ether oxygens (including phenoxy) is 1. The van der Waals surface area contributed by atoms with Crippen molar-refractivity contribution in [3.63, 3.8) is 0 Å². The summed E-state index contributed by atoms with van der Waals surface area (Å²) in [5.41, 5.74) is 0. The highest BCUT2D eigenvalue weighted by Gasteiger charge is 2.38. The Labute approximate surface area is 89.9 Å². The van der Waals surface area contributed by atoms with Crippen molar-refractivity contribution in [2.45, 2.75) is 25.0 Å². The first-order valence-electron chi connectivity index (χ1n) is 5.39. The van der Waals surface area contributed by atoms with Crippen molar-refractivity contribution in [3.8, 4) is 0 Å². The van der Waals surface area contributed by atoms with Crippen LogP contribution in [0, 0.1) is 0 Å². The number of methoxy groups -OCH3 is 1. The van der Waals surface area contributed by atoms with Gasteiger partial charge in [-0.15, -0.1) is 0 Å². The van der Waals surface area contributed by atoms with Gasteiger partial charge in [0, 0.05) is 13.7 Å². The van der Waals surface area contributed by atoms with Crippen LogP contribution in [0.5, 0.6) is 0 Å². The van der Waals surface area contributed by atoms with Gasteiger partial charge in [-0.25, -0.2) is 5.06 Å². The smallest absolute Gasteiger partial charge is 0.263 e. The predicted octanol–water partition coefficient (Wildman–Crippen LogP) is -0.131. The van der Waals surface area contributed by atoms with E-state index in [-0.39, 0.29) is 18.1 Å². The Morgan fingerprint density at radius 3 is 2.87 bits per heavy atom. The maximum absolute atomic E-state index is 12.0. The molecular weight excluding hydrogens is 196 g/mol. The van der Waals surface area contributed by atoms with Gasteiger partial charge in [-0.05, 0) is 19.9 Å². The molecule has 5 nitrogen and oxygen atoms in total. The molecular formula is C10H18N2O3. The van der Waals surface area contributed by atoms with Crippen LogP contribution in [0.25, 0.3) is 0 Å². The van der Waals surface area contributed by atoms with E-state index in [2.05, 4.69) is 0 Å². The van der Waals surface area contributed by atoms with Crippen molar-refractivity contribution in [1.82, 2.24) is 9.96 Å². The molecule has 15 heavy (non-hydrogen) atoms. The topological polar surface area (TPSA) is 42.0 Å².